The van der Waals surface area contributed by atoms with Crippen LogP contribution >= 0.6 is 0 Å². The average Bonchev–Trinajstić information content (AvgIpc) is 2.38. The number of rotatable bonds is 5. The van der Waals surface area contributed by atoms with E-state index >= 15 is 0 Å². The third-order valence-corrected chi connectivity index (χ3v) is 2.26. The largest absolute Gasteiger partial charge is 0.493 e. The molecule has 0 aliphatic carbocycles. The number of hydrogen-bond donors (Lipinski definition) is 1. The van der Waals surface area contributed by atoms with E-state index in [4.69, 9.17) is 15.2 Å². The smallest absolute Gasteiger partial charge is 0.277 e. The van der Waals surface area contributed by atoms with E-state index in [1.165, 1.54) is 19.2 Å². The summed E-state index contributed by atoms with van der Waals surface area (Å²) in [5, 5.41) is 10.9. The van der Waals surface area contributed by atoms with Gasteiger partial charge in [-0.2, -0.15) is 0 Å². The molecule has 0 saturated heterocycles. The zero-order chi connectivity index (χ0) is 13.5. The quantitative estimate of drug-likeness (QED) is 0.485. The van der Waals surface area contributed by atoms with Gasteiger partial charge < -0.3 is 15.2 Å². The van der Waals surface area contributed by atoms with Gasteiger partial charge in [-0.15, -0.1) is 5.92 Å². The zero-order valence-corrected chi connectivity index (χ0v) is 10.2. The molecular weight excluding hydrogens is 236 g/mol. The van der Waals surface area contributed by atoms with Crippen molar-refractivity contribution in [1.29, 1.82) is 0 Å². The lowest BCUT2D eigenvalue weighted by molar-refractivity contribution is -0.385. The summed E-state index contributed by atoms with van der Waals surface area (Å²) >= 11 is 0. The Labute approximate surface area is 105 Å². The first-order valence-corrected chi connectivity index (χ1v) is 5.21. The van der Waals surface area contributed by atoms with Crippen LogP contribution in [0.3, 0.4) is 0 Å². The molecule has 0 radical (unpaired) electrons. The molecule has 1 rings (SSSR count). The number of hydrogen-bond acceptors (Lipinski definition) is 5. The minimum atomic E-state index is -0.500. The summed E-state index contributed by atoms with van der Waals surface area (Å²) in [5.41, 5.74) is 5.77. The van der Waals surface area contributed by atoms with E-state index in [1.807, 2.05) is 0 Å². The number of nitro benzene ring substituents is 1. The number of ether oxygens (including phenoxy) is 2. The first-order valence-electron chi connectivity index (χ1n) is 5.21. The van der Waals surface area contributed by atoms with Crippen molar-refractivity contribution in [3.05, 3.63) is 27.8 Å². The molecule has 6 nitrogen and oxygen atoms in total. The summed E-state index contributed by atoms with van der Waals surface area (Å²) in [6.07, 6.45) is 0. The van der Waals surface area contributed by atoms with E-state index in [0.717, 1.165) is 0 Å². The monoisotopic (exact) mass is 250 g/mol. The predicted octanol–water partition coefficient (Wildman–Crippen LogP) is 1.46. The van der Waals surface area contributed by atoms with Crippen molar-refractivity contribution in [2.45, 2.75) is 13.5 Å². The van der Waals surface area contributed by atoms with Gasteiger partial charge in [-0.1, -0.05) is 5.92 Å². The van der Waals surface area contributed by atoms with Crippen molar-refractivity contribution >= 4 is 5.69 Å². The Balaban J connectivity index is 3.17. The Bertz CT molecular complexity index is 503. The van der Waals surface area contributed by atoms with Crippen LogP contribution in [-0.4, -0.2) is 18.6 Å². The summed E-state index contributed by atoms with van der Waals surface area (Å²) in [4.78, 5) is 10.4. The number of benzene rings is 1. The van der Waals surface area contributed by atoms with Crippen LogP contribution in [0.25, 0.3) is 0 Å². The summed E-state index contributed by atoms with van der Waals surface area (Å²) in [6, 6.07) is 2.81. The summed E-state index contributed by atoms with van der Waals surface area (Å²) in [5.74, 6) is 6.05. The molecule has 1 aromatic rings. The fraction of sp³-hybridized carbons (Fsp3) is 0.333. The third kappa shape index (κ3) is 3.12. The molecule has 0 aromatic heterocycles. The topological polar surface area (TPSA) is 87.6 Å². The molecule has 0 aliphatic rings. The van der Waals surface area contributed by atoms with Crippen molar-refractivity contribution < 1.29 is 14.4 Å². The van der Waals surface area contributed by atoms with Gasteiger partial charge in [0.05, 0.1) is 18.1 Å². The standard InChI is InChI=1S/C12H14N2O4/c1-3-4-5-18-12-7-10(14(15)16)9(8-13)6-11(12)17-2/h6-7H,5,8,13H2,1-2H3. The van der Waals surface area contributed by atoms with Gasteiger partial charge in [0.25, 0.3) is 5.69 Å². The Kier molecular flexibility index (Phi) is 4.96. The van der Waals surface area contributed by atoms with E-state index in [9.17, 15) is 10.1 Å². The van der Waals surface area contributed by atoms with Crippen LogP contribution in [0.5, 0.6) is 11.5 Å². The predicted molar refractivity (Wildman–Crippen MR) is 66.5 cm³/mol. The van der Waals surface area contributed by atoms with Gasteiger partial charge in [0, 0.05) is 12.1 Å². The summed E-state index contributed by atoms with van der Waals surface area (Å²) in [7, 11) is 1.46. The van der Waals surface area contributed by atoms with E-state index in [1.54, 1.807) is 6.92 Å². The molecule has 0 heterocycles. The number of nitro groups is 1. The normalized spacial score (nSPS) is 9.28. The van der Waals surface area contributed by atoms with Crippen molar-refractivity contribution in [2.24, 2.45) is 5.73 Å². The van der Waals surface area contributed by atoms with E-state index in [0.29, 0.717) is 11.3 Å². The molecule has 18 heavy (non-hydrogen) atoms. The van der Waals surface area contributed by atoms with Crippen LogP contribution in [0, 0.1) is 22.0 Å². The third-order valence-electron chi connectivity index (χ3n) is 2.26. The summed E-state index contributed by atoms with van der Waals surface area (Å²) in [6.45, 7) is 1.88. The molecule has 96 valence electrons. The van der Waals surface area contributed by atoms with E-state index < -0.39 is 4.92 Å². The highest BCUT2D eigenvalue weighted by Crippen LogP contribution is 2.34. The van der Waals surface area contributed by atoms with Gasteiger partial charge in [0.1, 0.15) is 6.61 Å². The lowest BCUT2D eigenvalue weighted by atomic mass is 10.1. The maximum absolute atomic E-state index is 10.9. The molecule has 0 saturated carbocycles. The van der Waals surface area contributed by atoms with Crippen LogP contribution in [0.15, 0.2) is 12.1 Å². The van der Waals surface area contributed by atoms with Gasteiger partial charge >= 0.3 is 0 Å². The van der Waals surface area contributed by atoms with Gasteiger partial charge in [-0.3, -0.25) is 10.1 Å². The van der Waals surface area contributed by atoms with Crippen LogP contribution < -0.4 is 15.2 Å². The Morgan fingerprint density at radius 1 is 1.44 bits per heavy atom. The second-order valence-electron chi connectivity index (χ2n) is 3.31. The average molecular weight is 250 g/mol. The second kappa shape index (κ2) is 6.47. The molecular formula is C12H14N2O4. The van der Waals surface area contributed by atoms with Crippen LogP contribution in [0.1, 0.15) is 12.5 Å². The lowest BCUT2D eigenvalue weighted by Gasteiger charge is -2.10. The fourth-order valence-corrected chi connectivity index (χ4v) is 1.38. The Morgan fingerprint density at radius 2 is 2.17 bits per heavy atom. The lowest BCUT2D eigenvalue weighted by Crippen LogP contribution is -2.04. The van der Waals surface area contributed by atoms with Crippen molar-refractivity contribution in [1.82, 2.24) is 0 Å². The molecule has 2 N–H and O–H groups in total. The molecule has 0 atom stereocenters. The molecule has 0 spiro atoms. The highest BCUT2D eigenvalue weighted by molar-refractivity contribution is 5.54. The van der Waals surface area contributed by atoms with Crippen molar-refractivity contribution in [3.8, 4) is 23.3 Å². The maximum atomic E-state index is 10.9. The molecule has 0 amide bonds. The van der Waals surface area contributed by atoms with E-state index in [2.05, 4.69) is 11.8 Å². The van der Waals surface area contributed by atoms with Crippen molar-refractivity contribution in [3.63, 3.8) is 0 Å². The molecule has 6 heteroatoms. The van der Waals surface area contributed by atoms with Crippen LogP contribution in [-0.2, 0) is 6.54 Å². The Morgan fingerprint density at radius 3 is 2.67 bits per heavy atom. The zero-order valence-electron chi connectivity index (χ0n) is 10.2. The van der Waals surface area contributed by atoms with Gasteiger partial charge in [0.2, 0.25) is 0 Å². The van der Waals surface area contributed by atoms with E-state index in [-0.39, 0.29) is 24.6 Å². The maximum Gasteiger partial charge on any atom is 0.277 e. The molecule has 0 bridgehead atoms. The fourth-order valence-electron chi connectivity index (χ4n) is 1.38. The number of nitrogens with zero attached hydrogens (tertiary/aromatic N) is 1. The Hall–Kier alpha value is -2.26. The highest BCUT2D eigenvalue weighted by atomic mass is 16.6. The molecule has 1 aromatic carbocycles. The second-order valence-corrected chi connectivity index (χ2v) is 3.31. The minimum absolute atomic E-state index is 0.0573. The first-order chi connectivity index (χ1) is 8.63. The first kappa shape index (κ1) is 13.8. The van der Waals surface area contributed by atoms with Gasteiger partial charge in [0.15, 0.2) is 11.5 Å². The van der Waals surface area contributed by atoms with Gasteiger partial charge in [-0.05, 0) is 13.0 Å². The molecule has 0 unspecified atom stereocenters. The number of methoxy groups -OCH3 is 1. The molecule has 0 fully saturated rings. The van der Waals surface area contributed by atoms with Crippen molar-refractivity contribution in [2.75, 3.05) is 13.7 Å². The highest BCUT2D eigenvalue weighted by Gasteiger charge is 2.18. The van der Waals surface area contributed by atoms with Crippen LogP contribution in [0.2, 0.25) is 0 Å². The number of nitrogens with two attached hydrogens (primary N) is 1. The SMILES string of the molecule is CC#CCOc1cc([N+](=O)[O-])c(CN)cc1OC. The summed E-state index contributed by atoms with van der Waals surface area (Å²) < 4.78 is 10.4. The minimum Gasteiger partial charge on any atom is -0.493 e. The van der Waals surface area contributed by atoms with Crippen LogP contribution in [0.4, 0.5) is 5.69 Å². The van der Waals surface area contributed by atoms with Gasteiger partial charge in [-0.25, -0.2) is 0 Å². The molecule has 0 aliphatic heterocycles.